The first-order valence-electron chi connectivity index (χ1n) is 25.9. The molecule has 0 saturated carbocycles. The van der Waals surface area contributed by atoms with E-state index in [4.69, 9.17) is 0 Å². The van der Waals surface area contributed by atoms with Crippen LogP contribution < -0.4 is 40.8 Å². The number of anilines is 11. The summed E-state index contributed by atoms with van der Waals surface area (Å²) in [4.78, 5) is 11.4. The average Bonchev–Trinajstić information content (AvgIpc) is 4.20. The molecule has 362 valence electrons. The van der Waals surface area contributed by atoms with E-state index in [1.165, 1.54) is 73.3 Å². The van der Waals surface area contributed by atoms with Gasteiger partial charge in [-0.3, -0.25) is 0 Å². The van der Waals surface area contributed by atoms with Crippen molar-refractivity contribution < 1.29 is 21.2 Å². The van der Waals surface area contributed by atoms with Crippen LogP contribution in [0.5, 0.6) is 0 Å². The molecule has 10 aromatic carbocycles. The van der Waals surface area contributed by atoms with E-state index >= 15 is 0 Å². The fourth-order valence-electron chi connectivity index (χ4n) is 12.7. The van der Waals surface area contributed by atoms with Crippen LogP contribution >= 0.6 is 11.3 Å². The van der Waals surface area contributed by atoms with Crippen LogP contribution in [0.3, 0.4) is 0 Å². The molecule has 0 bridgehead atoms. The van der Waals surface area contributed by atoms with Crippen molar-refractivity contribution in [3.63, 3.8) is 0 Å². The minimum absolute atomic E-state index is 0.715. The fraction of sp³-hybridized carbons (Fsp3) is 0.0286. The molecular weight excluding hydrogens is 1060 g/mol. The Morgan fingerprint density at radius 2 is 0.658 bits per heavy atom. The zero-order chi connectivity index (χ0) is 50.2. The Bertz CT molecular complexity index is 3870. The summed E-state index contributed by atoms with van der Waals surface area (Å²) in [6, 6.07) is 106. The second kappa shape index (κ2) is 18.0. The molecule has 0 radical (unpaired) electrons. The fourth-order valence-corrected chi connectivity index (χ4v) is 18.1. The Morgan fingerprint density at radius 3 is 1.05 bits per heavy atom. The number of benzene rings is 10. The first-order chi connectivity index (χ1) is 37.7. The molecule has 4 nitrogen and oxygen atoms in total. The molecule has 2 spiro atoms. The molecule has 0 N–H and O–H groups in total. The molecule has 0 unspecified atom stereocenters. The van der Waals surface area contributed by atoms with E-state index in [0.717, 1.165) is 34.1 Å². The molecular formula is C70H48IN4S-. The van der Waals surface area contributed by atoms with Crippen LogP contribution in [0.1, 0.15) is 32.7 Å². The van der Waals surface area contributed by atoms with Gasteiger partial charge < -0.3 is 0 Å². The predicted octanol–water partition coefficient (Wildman–Crippen LogP) is 15.5. The molecule has 11 aromatic rings. The maximum absolute atomic E-state index is 2.67. The van der Waals surface area contributed by atoms with Crippen molar-refractivity contribution in [2.75, 3.05) is 19.6 Å². The Balaban J connectivity index is 1.13. The normalized spacial score (nSPS) is 15.1. The summed E-state index contributed by atoms with van der Waals surface area (Å²) in [5.41, 5.74) is 17.9. The third-order valence-electron chi connectivity index (χ3n) is 15.6. The van der Waals surface area contributed by atoms with Crippen molar-refractivity contribution in [3.05, 3.63) is 337 Å². The SMILES string of the molecule is C1=C(N(c2ccccc2)c2ccccc2)[I-]C2=C1C1(c3ccccc3N(c3ccccc3)c3ccccc31)c1sc(N(c3ccccc3)c3ccccc3)cc1C21c2ccccc2N(c2ccccc2)c2ccccc21. The standard InChI is InChI=1S/C70H48IN4S/c1-7-27-49(28-8-1)72(50-29-9-2-10-30-50)65-47-59-67(71-65)69(55-39-19-23-43-61(55)74(53-35-15-5-16-36-53)62-44-24-20-40-56(62)69)60-48-66(73(51-31-11-3-12-32-51)52-33-13-4-14-34-52)76-68(60)70(59)57-41-21-25-45-63(57)75(54-37-17-6-18-38-54)64-46-26-22-42-58(64)70/h1-48H/q-1. The van der Waals surface area contributed by atoms with Gasteiger partial charge in [0.1, 0.15) is 0 Å². The van der Waals surface area contributed by atoms with Gasteiger partial charge in [0.25, 0.3) is 0 Å². The van der Waals surface area contributed by atoms with Gasteiger partial charge in [0.2, 0.25) is 0 Å². The third-order valence-corrected chi connectivity index (χ3v) is 20.1. The molecule has 0 fully saturated rings. The predicted molar refractivity (Wildman–Crippen MR) is 311 cm³/mol. The monoisotopic (exact) mass is 1100 g/mol. The summed E-state index contributed by atoms with van der Waals surface area (Å²) in [6.07, 6.45) is 2.67. The van der Waals surface area contributed by atoms with Crippen molar-refractivity contribution in [1.29, 1.82) is 0 Å². The van der Waals surface area contributed by atoms with E-state index in [2.05, 4.69) is 311 Å². The number of allylic oxidation sites excluding steroid dienone is 3. The van der Waals surface area contributed by atoms with Crippen LogP contribution in [0, 0.1) is 0 Å². The van der Waals surface area contributed by atoms with E-state index in [1.807, 2.05) is 11.3 Å². The second-order valence-electron chi connectivity index (χ2n) is 19.5. The first-order valence-corrected chi connectivity index (χ1v) is 28.9. The van der Waals surface area contributed by atoms with Gasteiger partial charge in [-0.25, -0.2) is 0 Å². The molecule has 76 heavy (non-hydrogen) atoms. The van der Waals surface area contributed by atoms with Gasteiger partial charge in [0.05, 0.1) is 0 Å². The molecule has 0 amide bonds. The number of nitrogens with zero attached hydrogens (tertiary/aromatic N) is 4. The molecule has 6 heteroatoms. The van der Waals surface area contributed by atoms with Gasteiger partial charge in [-0.05, 0) is 0 Å². The van der Waals surface area contributed by atoms with Gasteiger partial charge >= 0.3 is 462 Å². The molecule has 0 saturated heterocycles. The van der Waals surface area contributed by atoms with Gasteiger partial charge in [-0.1, -0.05) is 0 Å². The zero-order valence-corrected chi connectivity index (χ0v) is 44.3. The van der Waals surface area contributed by atoms with E-state index < -0.39 is 32.0 Å². The van der Waals surface area contributed by atoms with E-state index in [1.54, 1.807) is 0 Å². The van der Waals surface area contributed by atoms with Crippen LogP contribution in [0.2, 0.25) is 0 Å². The molecule has 0 atom stereocenters. The maximum atomic E-state index is 2.67. The first kappa shape index (κ1) is 44.8. The number of halogens is 1. The Kier molecular flexibility index (Phi) is 10.6. The second-order valence-corrected chi connectivity index (χ2v) is 23.3. The zero-order valence-electron chi connectivity index (χ0n) is 41.3. The minimum atomic E-state index is -0.959. The van der Waals surface area contributed by atoms with Crippen molar-refractivity contribution >= 4 is 73.2 Å². The summed E-state index contributed by atoms with van der Waals surface area (Å²) in [5.74, 6) is 0. The third kappa shape index (κ3) is 6.53. The van der Waals surface area contributed by atoms with Crippen LogP contribution in [0.15, 0.2) is 304 Å². The number of thiophene rings is 1. The van der Waals surface area contributed by atoms with Crippen molar-refractivity contribution in [2.45, 2.75) is 10.8 Å². The van der Waals surface area contributed by atoms with Gasteiger partial charge in [0.15, 0.2) is 0 Å². The number of para-hydroxylation sites is 10. The van der Waals surface area contributed by atoms with Gasteiger partial charge in [0, 0.05) is 0 Å². The Labute approximate surface area is 458 Å². The van der Waals surface area contributed by atoms with Gasteiger partial charge in [-0.15, -0.1) is 0 Å². The molecule has 4 heterocycles. The van der Waals surface area contributed by atoms with E-state index in [0.29, 0.717) is 0 Å². The van der Waals surface area contributed by atoms with Gasteiger partial charge in [-0.2, -0.15) is 0 Å². The topological polar surface area (TPSA) is 13.0 Å². The van der Waals surface area contributed by atoms with Crippen molar-refractivity contribution in [2.24, 2.45) is 0 Å². The molecule has 4 aliphatic rings. The summed E-state index contributed by atoms with van der Waals surface area (Å²) < 4.78 is 2.83. The Hall–Kier alpha value is -8.69. The summed E-state index contributed by atoms with van der Waals surface area (Å²) >= 11 is 0.998. The van der Waals surface area contributed by atoms with E-state index in [9.17, 15) is 0 Å². The van der Waals surface area contributed by atoms with Crippen LogP contribution in [-0.2, 0) is 10.8 Å². The van der Waals surface area contributed by atoms with Crippen LogP contribution in [0.4, 0.5) is 61.9 Å². The van der Waals surface area contributed by atoms with Crippen LogP contribution in [-0.4, -0.2) is 0 Å². The van der Waals surface area contributed by atoms with Crippen molar-refractivity contribution in [1.82, 2.24) is 0 Å². The quantitative estimate of drug-likeness (QED) is 0.111. The summed E-state index contributed by atoms with van der Waals surface area (Å²) in [6.45, 7) is 0. The molecule has 3 aliphatic heterocycles. The summed E-state index contributed by atoms with van der Waals surface area (Å²) in [5, 5.41) is 1.17. The number of hydrogen-bond acceptors (Lipinski definition) is 5. The average molecular weight is 1100 g/mol. The summed E-state index contributed by atoms with van der Waals surface area (Å²) in [7, 11) is 0. The molecule has 15 rings (SSSR count). The number of rotatable bonds is 8. The number of hydrogen-bond donors (Lipinski definition) is 0. The molecule has 1 aromatic heterocycles. The molecule has 1 aliphatic carbocycles. The Morgan fingerprint density at radius 1 is 0.329 bits per heavy atom. The van der Waals surface area contributed by atoms with E-state index in [-0.39, 0.29) is 0 Å². The van der Waals surface area contributed by atoms with Crippen LogP contribution in [0.25, 0.3) is 0 Å². The van der Waals surface area contributed by atoms with Crippen molar-refractivity contribution in [3.8, 4) is 0 Å². The number of fused-ring (bicyclic) bond motifs is 13.